The van der Waals surface area contributed by atoms with Crippen molar-refractivity contribution in [1.29, 1.82) is 0 Å². The summed E-state index contributed by atoms with van der Waals surface area (Å²) in [4.78, 5) is 0. The van der Waals surface area contributed by atoms with Gasteiger partial charge in [0.1, 0.15) is 0 Å². The second-order valence-corrected chi connectivity index (χ2v) is 5.98. The summed E-state index contributed by atoms with van der Waals surface area (Å²) in [6.45, 7) is 8.03. The molecular weight excluding hydrogens is 198 g/mol. The van der Waals surface area contributed by atoms with E-state index in [1.165, 1.54) is 18.5 Å². The van der Waals surface area contributed by atoms with Crippen LogP contribution in [0.3, 0.4) is 0 Å². The van der Waals surface area contributed by atoms with Gasteiger partial charge < -0.3 is 5.32 Å². The summed E-state index contributed by atoms with van der Waals surface area (Å²) >= 11 is 0. The molecule has 3 heteroatoms. The van der Waals surface area contributed by atoms with Crippen molar-refractivity contribution < 1.29 is 0 Å². The third kappa shape index (κ3) is 2.46. The van der Waals surface area contributed by atoms with Gasteiger partial charge in [-0.1, -0.05) is 20.8 Å². The van der Waals surface area contributed by atoms with Gasteiger partial charge in [-0.3, -0.25) is 4.68 Å². The summed E-state index contributed by atoms with van der Waals surface area (Å²) in [5.41, 5.74) is 1.76. The normalized spacial score (nSPS) is 28.5. The number of aryl methyl sites for hydroxylation is 1. The Morgan fingerprint density at radius 3 is 2.75 bits per heavy atom. The number of rotatable bonds is 3. The van der Waals surface area contributed by atoms with Crippen LogP contribution in [-0.2, 0) is 13.6 Å². The van der Waals surface area contributed by atoms with Gasteiger partial charge in [-0.25, -0.2) is 0 Å². The lowest BCUT2D eigenvalue weighted by Gasteiger charge is -2.18. The molecule has 1 aliphatic carbocycles. The van der Waals surface area contributed by atoms with Crippen LogP contribution in [0.1, 0.15) is 39.3 Å². The van der Waals surface area contributed by atoms with Crippen molar-refractivity contribution in [2.24, 2.45) is 18.4 Å². The van der Waals surface area contributed by atoms with Crippen molar-refractivity contribution in [3.63, 3.8) is 0 Å². The number of nitrogens with one attached hydrogen (secondary N) is 1. The van der Waals surface area contributed by atoms with Crippen LogP contribution in [-0.4, -0.2) is 15.8 Å². The summed E-state index contributed by atoms with van der Waals surface area (Å²) in [5.74, 6) is 0.781. The molecule has 1 aromatic heterocycles. The van der Waals surface area contributed by atoms with Gasteiger partial charge in [-0.05, 0) is 30.2 Å². The first-order chi connectivity index (χ1) is 7.48. The van der Waals surface area contributed by atoms with Crippen molar-refractivity contribution >= 4 is 0 Å². The Morgan fingerprint density at radius 1 is 1.50 bits per heavy atom. The Hall–Kier alpha value is -0.830. The van der Waals surface area contributed by atoms with Gasteiger partial charge in [0.2, 0.25) is 0 Å². The molecule has 0 saturated heterocycles. The molecule has 2 unspecified atom stereocenters. The topological polar surface area (TPSA) is 29.9 Å². The quantitative estimate of drug-likeness (QED) is 0.849. The Bertz CT molecular complexity index is 354. The molecular formula is C13H23N3. The summed E-state index contributed by atoms with van der Waals surface area (Å²) in [6, 6.07) is 2.74. The molecule has 1 aliphatic rings. The van der Waals surface area contributed by atoms with E-state index in [1.807, 2.05) is 17.9 Å². The lowest BCUT2D eigenvalue weighted by Crippen LogP contribution is -2.31. The summed E-state index contributed by atoms with van der Waals surface area (Å²) in [6.07, 6.45) is 4.47. The van der Waals surface area contributed by atoms with Gasteiger partial charge in [0.05, 0.1) is 5.69 Å². The Morgan fingerprint density at radius 2 is 2.25 bits per heavy atom. The van der Waals surface area contributed by atoms with E-state index in [-0.39, 0.29) is 0 Å². The van der Waals surface area contributed by atoms with E-state index in [0.717, 1.165) is 12.5 Å². The Kier molecular flexibility index (Phi) is 3.06. The van der Waals surface area contributed by atoms with E-state index in [1.54, 1.807) is 0 Å². The zero-order valence-electron chi connectivity index (χ0n) is 10.8. The molecule has 0 amide bonds. The van der Waals surface area contributed by atoms with E-state index in [9.17, 15) is 0 Å². The van der Waals surface area contributed by atoms with Crippen molar-refractivity contribution in [2.75, 3.05) is 0 Å². The molecule has 3 nitrogen and oxygen atoms in total. The molecule has 0 spiro atoms. The molecule has 1 fully saturated rings. The number of hydrogen-bond acceptors (Lipinski definition) is 2. The molecule has 2 rings (SSSR count). The molecule has 1 N–H and O–H groups in total. The highest BCUT2D eigenvalue weighted by Crippen LogP contribution is 2.40. The smallest absolute Gasteiger partial charge is 0.0518 e. The van der Waals surface area contributed by atoms with Crippen LogP contribution >= 0.6 is 0 Å². The first kappa shape index (κ1) is 11.6. The maximum absolute atomic E-state index is 4.19. The first-order valence-electron chi connectivity index (χ1n) is 6.18. The highest BCUT2D eigenvalue weighted by Gasteiger charge is 2.36. The maximum Gasteiger partial charge on any atom is 0.0518 e. The van der Waals surface area contributed by atoms with Gasteiger partial charge >= 0.3 is 0 Å². The number of nitrogens with zero attached hydrogens (tertiary/aromatic N) is 2. The van der Waals surface area contributed by atoms with Crippen LogP contribution in [0, 0.1) is 11.3 Å². The second-order valence-electron chi connectivity index (χ2n) is 5.98. The summed E-state index contributed by atoms with van der Waals surface area (Å²) in [7, 11) is 2.00. The molecule has 2 atom stereocenters. The monoisotopic (exact) mass is 221 g/mol. The van der Waals surface area contributed by atoms with Gasteiger partial charge in [0, 0.05) is 25.8 Å². The third-order valence-corrected chi connectivity index (χ3v) is 3.80. The molecule has 90 valence electrons. The zero-order chi connectivity index (χ0) is 11.8. The molecule has 0 radical (unpaired) electrons. The largest absolute Gasteiger partial charge is 0.308 e. The standard InChI is InChI=1S/C13H23N3/c1-10-7-13(2,3)8-12(10)14-9-11-5-6-15-16(11)4/h5-6,10,12,14H,7-9H2,1-4H3. The van der Waals surface area contributed by atoms with Crippen LogP contribution in [0.5, 0.6) is 0 Å². The van der Waals surface area contributed by atoms with Crippen molar-refractivity contribution in [2.45, 2.75) is 46.2 Å². The molecule has 1 saturated carbocycles. The average Bonchev–Trinajstić information content (AvgIpc) is 2.67. The lowest BCUT2D eigenvalue weighted by molar-refractivity contribution is 0.361. The van der Waals surface area contributed by atoms with Gasteiger partial charge in [-0.2, -0.15) is 5.10 Å². The summed E-state index contributed by atoms with van der Waals surface area (Å²) in [5, 5.41) is 7.86. The third-order valence-electron chi connectivity index (χ3n) is 3.80. The van der Waals surface area contributed by atoms with Crippen LogP contribution in [0.2, 0.25) is 0 Å². The minimum Gasteiger partial charge on any atom is -0.308 e. The van der Waals surface area contributed by atoms with Crippen molar-refractivity contribution in [3.05, 3.63) is 18.0 Å². The Balaban J connectivity index is 1.90. The molecule has 1 heterocycles. The van der Waals surface area contributed by atoms with Gasteiger partial charge in [0.15, 0.2) is 0 Å². The van der Waals surface area contributed by atoms with Gasteiger partial charge in [-0.15, -0.1) is 0 Å². The predicted octanol–water partition coefficient (Wildman–Crippen LogP) is 2.33. The van der Waals surface area contributed by atoms with Crippen LogP contribution in [0.25, 0.3) is 0 Å². The maximum atomic E-state index is 4.19. The van der Waals surface area contributed by atoms with E-state index in [2.05, 4.69) is 37.3 Å². The number of aromatic nitrogens is 2. The fraction of sp³-hybridized carbons (Fsp3) is 0.769. The number of hydrogen-bond donors (Lipinski definition) is 1. The summed E-state index contributed by atoms with van der Waals surface area (Å²) < 4.78 is 1.94. The van der Waals surface area contributed by atoms with Crippen LogP contribution < -0.4 is 5.32 Å². The molecule has 1 aromatic rings. The second kappa shape index (κ2) is 4.21. The Labute approximate surface area is 98.2 Å². The molecule has 0 bridgehead atoms. The van der Waals surface area contributed by atoms with E-state index in [4.69, 9.17) is 0 Å². The highest BCUT2D eigenvalue weighted by molar-refractivity contribution is 5.01. The van der Waals surface area contributed by atoms with Crippen molar-refractivity contribution in [3.8, 4) is 0 Å². The molecule has 0 aromatic carbocycles. The van der Waals surface area contributed by atoms with Crippen LogP contribution in [0.15, 0.2) is 12.3 Å². The molecule has 0 aliphatic heterocycles. The van der Waals surface area contributed by atoms with E-state index in [0.29, 0.717) is 11.5 Å². The van der Waals surface area contributed by atoms with E-state index < -0.39 is 0 Å². The lowest BCUT2D eigenvalue weighted by atomic mass is 9.91. The minimum absolute atomic E-state index is 0.504. The first-order valence-corrected chi connectivity index (χ1v) is 6.18. The van der Waals surface area contributed by atoms with Crippen LogP contribution in [0.4, 0.5) is 0 Å². The minimum atomic E-state index is 0.504. The fourth-order valence-corrected chi connectivity index (χ4v) is 2.98. The SMILES string of the molecule is CC1CC(C)(C)CC1NCc1ccnn1C. The predicted molar refractivity (Wildman–Crippen MR) is 66.0 cm³/mol. The highest BCUT2D eigenvalue weighted by atomic mass is 15.3. The molecule has 16 heavy (non-hydrogen) atoms. The van der Waals surface area contributed by atoms with Crippen molar-refractivity contribution in [1.82, 2.24) is 15.1 Å². The fourth-order valence-electron chi connectivity index (χ4n) is 2.98. The average molecular weight is 221 g/mol. The van der Waals surface area contributed by atoms with E-state index >= 15 is 0 Å². The van der Waals surface area contributed by atoms with Gasteiger partial charge in [0.25, 0.3) is 0 Å². The zero-order valence-corrected chi connectivity index (χ0v) is 10.8.